The summed E-state index contributed by atoms with van der Waals surface area (Å²) in [7, 11) is 1.78. The molecule has 0 amide bonds. The van der Waals surface area contributed by atoms with Crippen molar-refractivity contribution < 1.29 is 37.0 Å². The van der Waals surface area contributed by atoms with Crippen LogP contribution in [-0.4, -0.2) is 65.4 Å². The number of hydrogen-bond donors (Lipinski definition) is 1. The molecule has 4 heterocycles. The van der Waals surface area contributed by atoms with Crippen molar-refractivity contribution in [2.24, 2.45) is 5.92 Å². The molecule has 2 aromatic heterocycles. The van der Waals surface area contributed by atoms with Crippen molar-refractivity contribution in [3.8, 4) is 0 Å². The summed E-state index contributed by atoms with van der Waals surface area (Å²) in [6.45, 7) is 5.22. The maximum atomic E-state index is 10.6. The van der Waals surface area contributed by atoms with Crippen molar-refractivity contribution in [3.63, 3.8) is 0 Å². The van der Waals surface area contributed by atoms with Crippen LogP contribution in [0.1, 0.15) is 35.9 Å². The van der Waals surface area contributed by atoms with Crippen LogP contribution in [0.4, 0.5) is 13.2 Å². The van der Waals surface area contributed by atoms with E-state index in [0.717, 1.165) is 57.9 Å². The SMILES string of the molecule is COCC1c2c(cnn2CC2CCOCC2)CCN1Cc1ccco1.O=C(O)C(F)(F)F. The van der Waals surface area contributed by atoms with Gasteiger partial charge < -0.3 is 19.0 Å². The summed E-state index contributed by atoms with van der Waals surface area (Å²) in [6.07, 6.45) is 2.00. The molecule has 11 heteroatoms. The van der Waals surface area contributed by atoms with E-state index in [1.165, 1.54) is 11.3 Å². The number of carbonyl (C=O) groups is 1. The Bertz CT molecular complexity index is 847. The Labute approximate surface area is 183 Å². The van der Waals surface area contributed by atoms with Crippen molar-refractivity contribution in [3.05, 3.63) is 41.6 Å². The average Bonchev–Trinajstić information content (AvgIpc) is 3.41. The fourth-order valence-corrected chi connectivity index (χ4v) is 4.06. The smallest absolute Gasteiger partial charge is 0.475 e. The summed E-state index contributed by atoms with van der Waals surface area (Å²) >= 11 is 0. The van der Waals surface area contributed by atoms with E-state index in [0.29, 0.717) is 12.5 Å². The zero-order chi connectivity index (χ0) is 23.1. The first-order valence-corrected chi connectivity index (χ1v) is 10.5. The molecule has 1 N–H and O–H groups in total. The van der Waals surface area contributed by atoms with Crippen LogP contribution in [-0.2, 0) is 33.8 Å². The van der Waals surface area contributed by atoms with Gasteiger partial charge >= 0.3 is 12.1 Å². The van der Waals surface area contributed by atoms with Crippen LogP contribution in [0.5, 0.6) is 0 Å². The van der Waals surface area contributed by atoms with Crippen LogP contribution >= 0.6 is 0 Å². The third-order valence-electron chi connectivity index (χ3n) is 5.66. The van der Waals surface area contributed by atoms with E-state index in [4.69, 9.17) is 28.9 Å². The number of aliphatic carboxylic acids is 1. The molecular weight excluding hydrogens is 431 g/mol. The summed E-state index contributed by atoms with van der Waals surface area (Å²) in [5.41, 5.74) is 2.69. The van der Waals surface area contributed by atoms with E-state index in [-0.39, 0.29) is 6.04 Å². The van der Waals surface area contributed by atoms with Gasteiger partial charge in [0.2, 0.25) is 0 Å². The Morgan fingerprint density at radius 1 is 1.34 bits per heavy atom. The molecule has 178 valence electrons. The molecule has 0 aromatic carbocycles. The number of ether oxygens (including phenoxy) is 2. The van der Waals surface area contributed by atoms with Crippen LogP contribution in [0.15, 0.2) is 29.0 Å². The average molecular weight is 459 g/mol. The normalized spacial score (nSPS) is 19.8. The molecule has 0 saturated carbocycles. The molecule has 1 saturated heterocycles. The van der Waals surface area contributed by atoms with E-state index in [1.54, 1.807) is 13.4 Å². The van der Waals surface area contributed by atoms with E-state index < -0.39 is 12.1 Å². The van der Waals surface area contributed by atoms with Crippen molar-refractivity contribution in [2.45, 2.75) is 44.6 Å². The Hall–Kier alpha value is -2.37. The molecule has 0 bridgehead atoms. The zero-order valence-corrected chi connectivity index (χ0v) is 17.9. The Morgan fingerprint density at radius 2 is 2.06 bits per heavy atom. The second kappa shape index (κ2) is 11.0. The van der Waals surface area contributed by atoms with Gasteiger partial charge in [0.25, 0.3) is 0 Å². The lowest BCUT2D eigenvalue weighted by Gasteiger charge is -2.36. The number of methoxy groups -OCH3 is 1. The molecule has 32 heavy (non-hydrogen) atoms. The molecule has 4 rings (SSSR count). The summed E-state index contributed by atoms with van der Waals surface area (Å²) in [6, 6.07) is 4.21. The Kier molecular flexibility index (Phi) is 8.32. The largest absolute Gasteiger partial charge is 0.490 e. The first-order valence-electron chi connectivity index (χ1n) is 10.5. The van der Waals surface area contributed by atoms with Gasteiger partial charge in [-0.1, -0.05) is 0 Å². The van der Waals surface area contributed by atoms with Gasteiger partial charge in [0.1, 0.15) is 5.76 Å². The summed E-state index contributed by atoms with van der Waals surface area (Å²) < 4.78 is 50.6. The van der Waals surface area contributed by atoms with Crippen molar-refractivity contribution in [1.29, 1.82) is 0 Å². The number of furan rings is 1. The van der Waals surface area contributed by atoms with Gasteiger partial charge in [-0.15, -0.1) is 0 Å². The van der Waals surface area contributed by atoms with Gasteiger partial charge in [-0.25, -0.2) is 4.79 Å². The molecule has 2 aromatic rings. The van der Waals surface area contributed by atoms with E-state index in [9.17, 15) is 13.2 Å². The molecule has 0 aliphatic carbocycles. The van der Waals surface area contributed by atoms with Crippen molar-refractivity contribution in [1.82, 2.24) is 14.7 Å². The Balaban J connectivity index is 0.000000360. The van der Waals surface area contributed by atoms with E-state index in [2.05, 4.69) is 15.8 Å². The minimum Gasteiger partial charge on any atom is -0.475 e. The first-order chi connectivity index (χ1) is 15.3. The predicted octanol–water partition coefficient (Wildman–Crippen LogP) is 3.28. The number of halogens is 3. The van der Waals surface area contributed by atoms with Crippen LogP contribution in [0, 0.1) is 5.92 Å². The third kappa shape index (κ3) is 6.33. The topological polar surface area (TPSA) is 90.0 Å². The summed E-state index contributed by atoms with van der Waals surface area (Å²) in [5.74, 6) is -1.10. The van der Waals surface area contributed by atoms with Gasteiger partial charge in [-0.3, -0.25) is 9.58 Å². The van der Waals surface area contributed by atoms with Crippen molar-refractivity contribution in [2.75, 3.05) is 33.5 Å². The molecule has 8 nitrogen and oxygen atoms in total. The number of hydrogen-bond acceptors (Lipinski definition) is 6. The van der Waals surface area contributed by atoms with Gasteiger partial charge in [-0.2, -0.15) is 18.3 Å². The monoisotopic (exact) mass is 459 g/mol. The number of fused-ring (bicyclic) bond motifs is 1. The second-order valence-electron chi connectivity index (χ2n) is 7.87. The molecule has 2 aliphatic rings. The second-order valence-corrected chi connectivity index (χ2v) is 7.87. The highest BCUT2D eigenvalue weighted by molar-refractivity contribution is 5.73. The van der Waals surface area contributed by atoms with Crippen molar-refractivity contribution >= 4 is 5.97 Å². The minimum atomic E-state index is -5.08. The van der Waals surface area contributed by atoms with Crippen LogP contribution < -0.4 is 0 Å². The number of aromatic nitrogens is 2. The third-order valence-corrected chi connectivity index (χ3v) is 5.66. The minimum absolute atomic E-state index is 0.223. The van der Waals surface area contributed by atoms with Crippen LogP contribution in [0.25, 0.3) is 0 Å². The molecule has 2 aliphatic heterocycles. The quantitative estimate of drug-likeness (QED) is 0.709. The number of rotatable bonds is 6. The maximum Gasteiger partial charge on any atom is 0.490 e. The molecule has 1 unspecified atom stereocenters. The number of carboxylic acid groups (broad SMARTS) is 1. The summed E-state index contributed by atoms with van der Waals surface area (Å²) in [4.78, 5) is 11.3. The molecule has 1 atom stereocenters. The van der Waals surface area contributed by atoms with Gasteiger partial charge in [0, 0.05) is 33.4 Å². The lowest BCUT2D eigenvalue weighted by molar-refractivity contribution is -0.192. The molecule has 0 radical (unpaired) electrons. The van der Waals surface area contributed by atoms with E-state index in [1.807, 2.05) is 12.1 Å². The molecular formula is C21H28F3N3O5. The predicted molar refractivity (Wildman–Crippen MR) is 107 cm³/mol. The van der Waals surface area contributed by atoms with Gasteiger partial charge in [0.05, 0.1) is 37.3 Å². The number of carboxylic acids is 1. The molecule has 1 fully saturated rings. The highest BCUT2D eigenvalue weighted by Crippen LogP contribution is 2.32. The van der Waals surface area contributed by atoms with Gasteiger partial charge in [-0.05, 0) is 42.9 Å². The van der Waals surface area contributed by atoms with E-state index >= 15 is 0 Å². The maximum absolute atomic E-state index is 10.6. The molecule has 0 spiro atoms. The highest BCUT2D eigenvalue weighted by atomic mass is 19.4. The number of nitrogens with zero attached hydrogens (tertiary/aromatic N) is 3. The zero-order valence-electron chi connectivity index (χ0n) is 17.9. The fraction of sp³-hybridized carbons (Fsp3) is 0.619. The lowest BCUT2D eigenvalue weighted by atomic mass is 9.97. The van der Waals surface area contributed by atoms with Crippen LogP contribution in [0.3, 0.4) is 0 Å². The highest BCUT2D eigenvalue weighted by Gasteiger charge is 2.38. The fourth-order valence-electron chi connectivity index (χ4n) is 4.06. The van der Waals surface area contributed by atoms with Crippen LogP contribution in [0.2, 0.25) is 0 Å². The standard InChI is InChI=1S/C19H27N3O3.C2HF3O2/c1-23-14-18-19-16(4-7-21(18)13-17-3-2-8-25-17)11-20-22(19)12-15-5-9-24-10-6-15;3-2(4,5)1(6)7/h2-3,8,11,15,18H,4-7,9-10,12-14H2,1H3;(H,6,7). The first kappa shape index (κ1) is 24.3. The number of alkyl halides is 3. The summed E-state index contributed by atoms with van der Waals surface area (Å²) in [5, 5.41) is 11.9. The Morgan fingerprint density at radius 3 is 2.66 bits per heavy atom. The lowest BCUT2D eigenvalue weighted by Crippen LogP contribution is -2.38. The van der Waals surface area contributed by atoms with Gasteiger partial charge in [0.15, 0.2) is 0 Å².